The first-order chi connectivity index (χ1) is 12.6. The molecule has 1 aromatic carbocycles. The molecule has 0 unspecified atom stereocenters. The van der Waals surface area contributed by atoms with Crippen LogP contribution >= 0.6 is 0 Å². The summed E-state index contributed by atoms with van der Waals surface area (Å²) < 4.78 is 0. The van der Waals surface area contributed by atoms with Crippen molar-refractivity contribution in [1.82, 2.24) is 10.2 Å². The predicted octanol–water partition coefficient (Wildman–Crippen LogP) is 0.850. The van der Waals surface area contributed by atoms with E-state index in [1.807, 2.05) is 30.3 Å². The van der Waals surface area contributed by atoms with Gasteiger partial charge in [0.1, 0.15) is 11.8 Å². The van der Waals surface area contributed by atoms with Crippen LogP contribution in [0.4, 0.5) is 5.69 Å². The molecule has 0 aliphatic carbocycles. The number of hydrogen-bond donors (Lipinski definition) is 2. The molecule has 0 saturated carbocycles. The summed E-state index contributed by atoms with van der Waals surface area (Å²) >= 11 is 0. The lowest BCUT2D eigenvalue weighted by atomic mass is 9.98. The molecule has 3 heterocycles. The first-order valence-electron chi connectivity index (χ1n) is 9.39. The van der Waals surface area contributed by atoms with Crippen molar-refractivity contribution in [2.45, 2.75) is 50.2 Å². The molecular formula is C19H25N5O2. The number of rotatable bonds is 4. The Bertz CT molecular complexity index is 720. The van der Waals surface area contributed by atoms with Crippen molar-refractivity contribution in [3.8, 4) is 0 Å². The minimum Gasteiger partial charge on any atom is -0.368 e. The van der Waals surface area contributed by atoms with Gasteiger partial charge in [0.05, 0.1) is 5.69 Å². The van der Waals surface area contributed by atoms with Gasteiger partial charge in [-0.2, -0.15) is 5.10 Å². The number of hydrogen-bond acceptors (Lipinski definition) is 5. The summed E-state index contributed by atoms with van der Waals surface area (Å²) in [6, 6.07) is 9.34. The Labute approximate surface area is 153 Å². The zero-order valence-electron chi connectivity index (χ0n) is 14.8. The maximum absolute atomic E-state index is 12.8. The molecule has 2 amide bonds. The first-order valence-corrected chi connectivity index (χ1v) is 9.39. The summed E-state index contributed by atoms with van der Waals surface area (Å²) in [5.41, 5.74) is 6.69. The first kappa shape index (κ1) is 17.0. The number of hydrazone groups is 1. The number of nitrogens with two attached hydrogens (primary N) is 1. The largest absolute Gasteiger partial charge is 0.368 e. The molecule has 26 heavy (non-hydrogen) atoms. The molecule has 7 heteroatoms. The third-order valence-electron chi connectivity index (χ3n) is 5.69. The Kier molecular flexibility index (Phi) is 4.63. The van der Waals surface area contributed by atoms with Gasteiger partial charge in [0.25, 0.3) is 5.91 Å². The van der Waals surface area contributed by atoms with E-state index in [2.05, 4.69) is 15.3 Å². The number of amides is 2. The van der Waals surface area contributed by atoms with Gasteiger partial charge in [-0.25, -0.2) is 0 Å². The van der Waals surface area contributed by atoms with Crippen molar-refractivity contribution in [3.63, 3.8) is 0 Å². The van der Waals surface area contributed by atoms with Gasteiger partial charge in [-0.15, -0.1) is 0 Å². The lowest BCUT2D eigenvalue weighted by Gasteiger charge is -2.32. The highest BCUT2D eigenvalue weighted by Crippen LogP contribution is 2.28. The van der Waals surface area contributed by atoms with Crippen LogP contribution in [0.2, 0.25) is 0 Å². The molecule has 0 aromatic heterocycles. The number of benzene rings is 1. The number of carbonyl (C=O) groups is 2. The fourth-order valence-electron chi connectivity index (χ4n) is 4.36. The predicted molar refractivity (Wildman–Crippen MR) is 99.7 cm³/mol. The van der Waals surface area contributed by atoms with E-state index in [0.717, 1.165) is 31.6 Å². The van der Waals surface area contributed by atoms with Gasteiger partial charge < -0.3 is 11.1 Å². The lowest BCUT2D eigenvalue weighted by Crippen LogP contribution is -2.48. The maximum atomic E-state index is 12.8. The van der Waals surface area contributed by atoms with Crippen LogP contribution < -0.4 is 16.1 Å². The van der Waals surface area contributed by atoms with Gasteiger partial charge in [-0.3, -0.25) is 19.5 Å². The smallest absolute Gasteiger partial charge is 0.267 e. The van der Waals surface area contributed by atoms with Crippen LogP contribution in [-0.2, 0) is 9.59 Å². The molecule has 3 atom stereocenters. The van der Waals surface area contributed by atoms with Crippen molar-refractivity contribution < 1.29 is 9.59 Å². The number of fused-ring (bicyclic) bond motifs is 1. The minimum atomic E-state index is -0.618. The highest BCUT2D eigenvalue weighted by molar-refractivity contribution is 6.40. The molecule has 7 nitrogen and oxygen atoms in total. The van der Waals surface area contributed by atoms with E-state index in [-0.39, 0.29) is 18.4 Å². The molecule has 0 bridgehead atoms. The highest BCUT2D eigenvalue weighted by atomic mass is 16.2. The Morgan fingerprint density at radius 3 is 2.69 bits per heavy atom. The summed E-state index contributed by atoms with van der Waals surface area (Å²) in [6.07, 6.45) is 4.83. The summed E-state index contributed by atoms with van der Waals surface area (Å²) in [4.78, 5) is 27.1. The molecule has 0 spiro atoms. The molecule has 3 aliphatic rings. The molecule has 138 valence electrons. The van der Waals surface area contributed by atoms with Crippen molar-refractivity contribution in [1.29, 1.82) is 0 Å². The van der Waals surface area contributed by atoms with E-state index in [4.69, 9.17) is 5.73 Å². The van der Waals surface area contributed by atoms with Crippen LogP contribution in [0.1, 0.15) is 32.1 Å². The van der Waals surface area contributed by atoms with Crippen molar-refractivity contribution >= 4 is 23.2 Å². The molecule has 0 radical (unpaired) electrons. The summed E-state index contributed by atoms with van der Waals surface area (Å²) in [5.74, 6) is -0.646. The summed E-state index contributed by atoms with van der Waals surface area (Å²) in [6.45, 7) is 2.17. The molecular weight excluding hydrogens is 330 g/mol. The Hall–Kier alpha value is -2.41. The van der Waals surface area contributed by atoms with Crippen LogP contribution in [0, 0.1) is 0 Å². The molecule has 1 aromatic rings. The standard InChI is InChI=1S/C19H25N5O2/c20-18(25)17-12-15(22-24(17)13-6-2-1-3-7-13)19(26)21-14-9-11-23-10-5-4-8-16(14)23/h1-3,6-7,14,16-17H,4-5,8-12H2,(H2,20,25)(H,21,26)/t14-,16-,17+/m1/s1. The average Bonchev–Trinajstić information content (AvgIpc) is 3.28. The van der Waals surface area contributed by atoms with Crippen molar-refractivity contribution in [3.05, 3.63) is 30.3 Å². The molecule has 2 saturated heterocycles. The number of para-hydroxylation sites is 1. The van der Waals surface area contributed by atoms with Gasteiger partial charge >= 0.3 is 0 Å². The zero-order valence-corrected chi connectivity index (χ0v) is 14.8. The molecule has 3 aliphatic heterocycles. The Morgan fingerprint density at radius 1 is 1.12 bits per heavy atom. The molecule has 2 fully saturated rings. The van der Waals surface area contributed by atoms with Gasteiger partial charge in [-0.1, -0.05) is 24.6 Å². The van der Waals surface area contributed by atoms with E-state index in [1.54, 1.807) is 5.01 Å². The van der Waals surface area contributed by atoms with Crippen molar-refractivity contribution in [2.75, 3.05) is 18.1 Å². The zero-order chi connectivity index (χ0) is 18.1. The Morgan fingerprint density at radius 2 is 1.92 bits per heavy atom. The van der Waals surface area contributed by atoms with Crippen molar-refractivity contribution in [2.24, 2.45) is 10.8 Å². The number of nitrogens with zero attached hydrogens (tertiary/aromatic N) is 3. The third-order valence-corrected chi connectivity index (χ3v) is 5.69. The van der Waals surface area contributed by atoms with Gasteiger partial charge in [-0.05, 0) is 37.9 Å². The second kappa shape index (κ2) is 7.07. The quantitative estimate of drug-likeness (QED) is 0.838. The SMILES string of the molecule is NC(=O)[C@@H]1CC(C(=O)N[C@@H]2CCN3CCCC[C@H]23)=NN1c1ccccc1. The van der Waals surface area contributed by atoms with Gasteiger partial charge in [0.2, 0.25) is 5.91 Å². The van der Waals surface area contributed by atoms with Crippen LogP contribution in [0.3, 0.4) is 0 Å². The normalized spacial score (nSPS) is 28.5. The Balaban J connectivity index is 1.48. The number of carbonyl (C=O) groups excluding carboxylic acids is 2. The number of piperidine rings is 1. The van der Waals surface area contributed by atoms with E-state index in [1.165, 1.54) is 12.8 Å². The van der Waals surface area contributed by atoms with Crippen LogP contribution in [-0.4, -0.2) is 53.6 Å². The minimum absolute atomic E-state index is 0.170. The van der Waals surface area contributed by atoms with Crippen LogP contribution in [0.15, 0.2) is 35.4 Å². The number of nitrogens with one attached hydrogen (secondary N) is 1. The monoisotopic (exact) mass is 355 g/mol. The molecule has 4 rings (SSSR count). The second-order valence-corrected chi connectivity index (χ2v) is 7.32. The summed E-state index contributed by atoms with van der Waals surface area (Å²) in [5, 5.41) is 9.16. The number of anilines is 1. The average molecular weight is 355 g/mol. The van der Waals surface area contributed by atoms with Gasteiger partial charge in [0.15, 0.2) is 0 Å². The van der Waals surface area contributed by atoms with E-state index in [9.17, 15) is 9.59 Å². The highest BCUT2D eigenvalue weighted by Gasteiger charge is 2.39. The third kappa shape index (κ3) is 3.19. The molecule has 3 N–H and O–H groups in total. The second-order valence-electron chi connectivity index (χ2n) is 7.32. The fraction of sp³-hybridized carbons (Fsp3) is 0.526. The van der Waals surface area contributed by atoms with Crippen LogP contribution in [0.5, 0.6) is 0 Å². The van der Waals surface area contributed by atoms with E-state index in [0.29, 0.717) is 11.8 Å². The van der Waals surface area contributed by atoms with E-state index < -0.39 is 11.9 Å². The fourth-order valence-corrected chi connectivity index (χ4v) is 4.36. The summed E-state index contributed by atoms with van der Waals surface area (Å²) in [7, 11) is 0. The maximum Gasteiger partial charge on any atom is 0.267 e. The van der Waals surface area contributed by atoms with Gasteiger partial charge in [0, 0.05) is 25.0 Å². The van der Waals surface area contributed by atoms with Crippen LogP contribution in [0.25, 0.3) is 0 Å². The lowest BCUT2D eigenvalue weighted by molar-refractivity contribution is -0.119. The number of primary amides is 1. The van der Waals surface area contributed by atoms with E-state index >= 15 is 0 Å². The topological polar surface area (TPSA) is 91.0 Å².